The van der Waals surface area contributed by atoms with E-state index in [1.54, 1.807) is 7.05 Å². The third-order valence-corrected chi connectivity index (χ3v) is 2.76. The summed E-state index contributed by atoms with van der Waals surface area (Å²) in [5.74, 6) is 0.664. The van der Waals surface area contributed by atoms with Gasteiger partial charge in [0.25, 0.3) is 0 Å². The highest BCUT2D eigenvalue weighted by Gasteiger charge is 2.12. The Morgan fingerprint density at radius 1 is 1.19 bits per heavy atom. The molecule has 0 aromatic heterocycles. The molecule has 0 aliphatic heterocycles. The molecule has 1 atom stereocenters. The molecule has 1 aromatic rings. The zero-order valence-electron chi connectivity index (χ0n) is 10.6. The summed E-state index contributed by atoms with van der Waals surface area (Å²) in [7, 11) is 1.67. The topological polar surface area (TPSA) is 29.1 Å². The molecule has 0 aliphatic carbocycles. The van der Waals surface area contributed by atoms with E-state index in [4.69, 9.17) is 0 Å². The van der Waals surface area contributed by atoms with Crippen LogP contribution in [-0.4, -0.2) is 13.0 Å². The fourth-order valence-corrected chi connectivity index (χ4v) is 1.78. The predicted molar refractivity (Wildman–Crippen MR) is 67.5 cm³/mol. The molecular formula is C14H21NO. The summed E-state index contributed by atoms with van der Waals surface area (Å²) < 4.78 is 0. The maximum atomic E-state index is 11.5. The van der Waals surface area contributed by atoms with Crippen LogP contribution in [0.1, 0.15) is 37.8 Å². The second-order valence-electron chi connectivity index (χ2n) is 4.68. The Kier molecular flexibility index (Phi) is 4.53. The zero-order valence-corrected chi connectivity index (χ0v) is 10.6. The molecule has 0 fully saturated rings. The number of nitrogens with one attached hydrogen (secondary N) is 1. The highest BCUT2D eigenvalue weighted by atomic mass is 16.1. The first-order chi connectivity index (χ1) is 7.54. The van der Waals surface area contributed by atoms with Gasteiger partial charge >= 0.3 is 0 Å². The van der Waals surface area contributed by atoms with E-state index in [1.165, 1.54) is 5.56 Å². The smallest absolute Gasteiger partial charge is 0.227 e. The minimum Gasteiger partial charge on any atom is -0.359 e. The predicted octanol–water partition coefficient (Wildman–Crippen LogP) is 2.73. The molecule has 0 spiro atoms. The Balaban J connectivity index is 2.74. The fourth-order valence-electron chi connectivity index (χ4n) is 1.78. The van der Waals surface area contributed by atoms with Gasteiger partial charge in [0.05, 0.1) is 5.92 Å². The average Bonchev–Trinajstić information content (AvgIpc) is 2.27. The molecule has 0 radical (unpaired) electrons. The lowest BCUT2D eigenvalue weighted by Gasteiger charge is -2.11. The first kappa shape index (κ1) is 12.8. The van der Waals surface area contributed by atoms with Crippen LogP contribution in [0.2, 0.25) is 0 Å². The van der Waals surface area contributed by atoms with E-state index in [1.807, 2.05) is 6.92 Å². The van der Waals surface area contributed by atoms with Crippen LogP contribution in [0, 0.1) is 5.92 Å². The second kappa shape index (κ2) is 5.69. The van der Waals surface area contributed by atoms with Crippen LogP contribution >= 0.6 is 0 Å². The number of benzene rings is 1. The normalized spacial score (nSPS) is 12.6. The van der Waals surface area contributed by atoms with Crippen molar-refractivity contribution in [1.29, 1.82) is 0 Å². The zero-order chi connectivity index (χ0) is 12.1. The molecule has 1 aromatic carbocycles. The van der Waals surface area contributed by atoms with Crippen LogP contribution in [0.4, 0.5) is 0 Å². The number of hydrogen-bond acceptors (Lipinski definition) is 1. The first-order valence-corrected chi connectivity index (χ1v) is 5.85. The molecule has 0 unspecified atom stereocenters. The minimum atomic E-state index is -0.0712. The van der Waals surface area contributed by atoms with E-state index < -0.39 is 0 Å². The largest absolute Gasteiger partial charge is 0.359 e. The van der Waals surface area contributed by atoms with Crippen molar-refractivity contribution < 1.29 is 4.79 Å². The minimum absolute atomic E-state index is 0.0663. The molecule has 16 heavy (non-hydrogen) atoms. The quantitative estimate of drug-likeness (QED) is 0.829. The van der Waals surface area contributed by atoms with E-state index in [9.17, 15) is 4.79 Å². The number of rotatable bonds is 4. The van der Waals surface area contributed by atoms with Crippen molar-refractivity contribution in [2.24, 2.45) is 5.92 Å². The molecular weight excluding hydrogens is 198 g/mol. The summed E-state index contributed by atoms with van der Waals surface area (Å²) >= 11 is 0. The van der Waals surface area contributed by atoms with E-state index in [2.05, 4.69) is 43.4 Å². The Bertz CT molecular complexity index is 340. The molecule has 2 heteroatoms. The van der Waals surface area contributed by atoms with Crippen molar-refractivity contribution >= 4 is 5.91 Å². The van der Waals surface area contributed by atoms with E-state index in [0.29, 0.717) is 5.92 Å². The third-order valence-electron chi connectivity index (χ3n) is 2.76. The molecule has 2 nitrogen and oxygen atoms in total. The van der Waals surface area contributed by atoms with Gasteiger partial charge in [-0.3, -0.25) is 4.79 Å². The SMILES string of the molecule is CNC(=O)[C@@H](C)c1ccc(CC(C)C)cc1. The summed E-state index contributed by atoms with van der Waals surface area (Å²) in [6.45, 7) is 6.35. The molecule has 1 amide bonds. The van der Waals surface area contributed by atoms with Gasteiger partial charge in [0.15, 0.2) is 0 Å². The molecule has 0 saturated heterocycles. The molecule has 1 N–H and O–H groups in total. The number of hydrogen-bond donors (Lipinski definition) is 1. The molecule has 1 rings (SSSR count). The van der Waals surface area contributed by atoms with E-state index in [0.717, 1.165) is 12.0 Å². The van der Waals surface area contributed by atoms with Gasteiger partial charge in [-0.15, -0.1) is 0 Å². The Labute approximate surface area is 98.1 Å². The number of carbonyl (C=O) groups excluding carboxylic acids is 1. The molecule has 0 heterocycles. The summed E-state index contributed by atoms with van der Waals surface area (Å²) in [5.41, 5.74) is 2.41. The second-order valence-corrected chi connectivity index (χ2v) is 4.68. The van der Waals surface area contributed by atoms with Gasteiger partial charge in [-0.25, -0.2) is 0 Å². The van der Waals surface area contributed by atoms with Gasteiger partial charge < -0.3 is 5.32 Å². The molecule has 0 saturated carbocycles. The molecule has 0 bridgehead atoms. The van der Waals surface area contributed by atoms with Crippen LogP contribution < -0.4 is 5.32 Å². The van der Waals surface area contributed by atoms with Crippen molar-refractivity contribution in [3.8, 4) is 0 Å². The van der Waals surface area contributed by atoms with E-state index in [-0.39, 0.29) is 11.8 Å². The molecule has 88 valence electrons. The number of carbonyl (C=O) groups is 1. The average molecular weight is 219 g/mol. The van der Waals surface area contributed by atoms with Gasteiger partial charge in [-0.1, -0.05) is 38.1 Å². The van der Waals surface area contributed by atoms with Gasteiger partial charge in [-0.05, 0) is 30.4 Å². The standard InChI is InChI=1S/C14H21NO/c1-10(2)9-12-5-7-13(8-6-12)11(3)14(16)15-4/h5-8,10-11H,9H2,1-4H3,(H,15,16)/t11-/m0/s1. The number of amides is 1. The summed E-state index contributed by atoms with van der Waals surface area (Å²) in [6.07, 6.45) is 1.09. The maximum Gasteiger partial charge on any atom is 0.227 e. The van der Waals surface area contributed by atoms with Crippen LogP contribution in [0.25, 0.3) is 0 Å². The maximum absolute atomic E-state index is 11.5. The van der Waals surface area contributed by atoms with Crippen LogP contribution in [0.15, 0.2) is 24.3 Å². The fraction of sp³-hybridized carbons (Fsp3) is 0.500. The van der Waals surface area contributed by atoms with Gasteiger partial charge in [0, 0.05) is 7.05 Å². The van der Waals surface area contributed by atoms with Crippen LogP contribution in [0.3, 0.4) is 0 Å². The summed E-state index contributed by atoms with van der Waals surface area (Å²) in [4.78, 5) is 11.5. The van der Waals surface area contributed by atoms with Crippen molar-refractivity contribution in [2.75, 3.05) is 7.05 Å². The van der Waals surface area contributed by atoms with Crippen molar-refractivity contribution in [2.45, 2.75) is 33.1 Å². The lowest BCUT2D eigenvalue weighted by Crippen LogP contribution is -2.23. The van der Waals surface area contributed by atoms with Gasteiger partial charge in [-0.2, -0.15) is 0 Å². The summed E-state index contributed by atoms with van der Waals surface area (Å²) in [6, 6.07) is 8.35. The lowest BCUT2D eigenvalue weighted by atomic mass is 9.96. The Morgan fingerprint density at radius 3 is 2.19 bits per heavy atom. The highest BCUT2D eigenvalue weighted by molar-refractivity contribution is 5.82. The van der Waals surface area contributed by atoms with Crippen molar-refractivity contribution in [3.63, 3.8) is 0 Å². The Morgan fingerprint density at radius 2 is 1.75 bits per heavy atom. The number of likely N-dealkylation sites (N-methyl/N-ethyl adjacent to an activating group) is 1. The van der Waals surface area contributed by atoms with Crippen LogP contribution in [-0.2, 0) is 11.2 Å². The third kappa shape index (κ3) is 3.37. The lowest BCUT2D eigenvalue weighted by molar-refractivity contribution is -0.121. The highest BCUT2D eigenvalue weighted by Crippen LogP contribution is 2.17. The van der Waals surface area contributed by atoms with Crippen molar-refractivity contribution in [1.82, 2.24) is 5.32 Å². The molecule has 0 aliphatic rings. The van der Waals surface area contributed by atoms with Gasteiger partial charge in [0.2, 0.25) is 5.91 Å². The first-order valence-electron chi connectivity index (χ1n) is 5.85. The van der Waals surface area contributed by atoms with Crippen LogP contribution in [0.5, 0.6) is 0 Å². The Hall–Kier alpha value is -1.31. The monoisotopic (exact) mass is 219 g/mol. The van der Waals surface area contributed by atoms with Crippen molar-refractivity contribution in [3.05, 3.63) is 35.4 Å². The summed E-state index contributed by atoms with van der Waals surface area (Å²) in [5, 5.41) is 2.67. The van der Waals surface area contributed by atoms with E-state index >= 15 is 0 Å². The van der Waals surface area contributed by atoms with Gasteiger partial charge in [0.1, 0.15) is 0 Å².